The summed E-state index contributed by atoms with van der Waals surface area (Å²) in [5, 5.41) is 0. The highest BCUT2D eigenvalue weighted by Gasteiger charge is 2.24. The van der Waals surface area contributed by atoms with Gasteiger partial charge < -0.3 is 4.74 Å². The van der Waals surface area contributed by atoms with Gasteiger partial charge in [0.1, 0.15) is 5.82 Å². The van der Waals surface area contributed by atoms with Crippen molar-refractivity contribution in [3.8, 4) is 0 Å². The summed E-state index contributed by atoms with van der Waals surface area (Å²) in [7, 11) is -1.21. The fourth-order valence-corrected chi connectivity index (χ4v) is 3.39. The Morgan fingerprint density at radius 1 is 1.53 bits per heavy atom. The van der Waals surface area contributed by atoms with Crippen molar-refractivity contribution in [1.82, 2.24) is 4.90 Å². The van der Waals surface area contributed by atoms with Gasteiger partial charge in [0.25, 0.3) is 0 Å². The van der Waals surface area contributed by atoms with Gasteiger partial charge in [-0.05, 0) is 32.0 Å². The summed E-state index contributed by atoms with van der Waals surface area (Å²) in [4.78, 5) is 2.85. The third kappa shape index (κ3) is 4.09. The van der Waals surface area contributed by atoms with Gasteiger partial charge in [-0.1, -0.05) is 6.07 Å². The molecule has 2 rings (SSSR count). The molecule has 106 valence electrons. The normalized spacial score (nSPS) is 22.6. The standard InChI is InChI=1S/C14H20FNO2S/c1-11(2)16-6-7-18-13(9-16)10-19(17)14-5-3-4-12(15)8-14/h3-5,8,11,13H,6-7,9-10H2,1-2H3. The fraction of sp³-hybridized carbons (Fsp3) is 0.571. The van der Waals surface area contributed by atoms with E-state index in [1.54, 1.807) is 12.1 Å². The maximum absolute atomic E-state index is 13.1. The van der Waals surface area contributed by atoms with Crippen molar-refractivity contribution in [3.63, 3.8) is 0 Å². The zero-order chi connectivity index (χ0) is 13.8. The Morgan fingerprint density at radius 2 is 2.32 bits per heavy atom. The molecule has 0 aromatic heterocycles. The molecule has 1 aromatic carbocycles. The van der Waals surface area contributed by atoms with Crippen LogP contribution < -0.4 is 0 Å². The van der Waals surface area contributed by atoms with Crippen LogP contribution >= 0.6 is 0 Å². The van der Waals surface area contributed by atoms with Gasteiger partial charge in [-0.3, -0.25) is 9.11 Å². The zero-order valence-electron chi connectivity index (χ0n) is 11.3. The number of rotatable bonds is 4. The lowest BCUT2D eigenvalue weighted by Gasteiger charge is -2.35. The van der Waals surface area contributed by atoms with Crippen LogP contribution in [-0.4, -0.2) is 46.7 Å². The van der Waals surface area contributed by atoms with Crippen LogP contribution in [0.5, 0.6) is 0 Å². The minimum absolute atomic E-state index is 0.0414. The Balaban J connectivity index is 1.95. The van der Waals surface area contributed by atoms with E-state index in [1.807, 2.05) is 0 Å². The molecule has 2 unspecified atom stereocenters. The summed E-state index contributed by atoms with van der Waals surface area (Å²) in [5.74, 6) is 0.0753. The van der Waals surface area contributed by atoms with Crippen molar-refractivity contribution >= 4 is 10.8 Å². The second kappa shape index (κ2) is 6.59. The lowest BCUT2D eigenvalue weighted by Crippen LogP contribution is -2.47. The molecule has 0 bridgehead atoms. The minimum atomic E-state index is -1.21. The Kier molecular flexibility index (Phi) is 5.07. The summed E-state index contributed by atoms with van der Waals surface area (Å²) in [6, 6.07) is 6.44. The highest BCUT2D eigenvalue weighted by atomic mass is 32.2. The molecule has 1 aliphatic heterocycles. The monoisotopic (exact) mass is 285 g/mol. The summed E-state index contributed by atoms with van der Waals surface area (Å²) in [6.07, 6.45) is -0.0414. The molecular weight excluding hydrogens is 265 g/mol. The van der Waals surface area contributed by atoms with Crippen molar-refractivity contribution in [2.75, 3.05) is 25.4 Å². The topological polar surface area (TPSA) is 29.5 Å². The van der Waals surface area contributed by atoms with E-state index in [-0.39, 0.29) is 11.9 Å². The van der Waals surface area contributed by atoms with Crippen LogP contribution in [0.1, 0.15) is 13.8 Å². The Hall–Kier alpha value is -0.780. The van der Waals surface area contributed by atoms with E-state index in [2.05, 4.69) is 18.7 Å². The number of nitrogens with zero attached hydrogens (tertiary/aromatic N) is 1. The molecule has 0 spiro atoms. The lowest BCUT2D eigenvalue weighted by atomic mass is 10.2. The molecule has 1 saturated heterocycles. The van der Waals surface area contributed by atoms with Crippen LogP contribution in [0, 0.1) is 5.82 Å². The molecular formula is C14H20FNO2S. The molecule has 1 fully saturated rings. The van der Waals surface area contributed by atoms with Crippen LogP contribution in [0.4, 0.5) is 4.39 Å². The van der Waals surface area contributed by atoms with Gasteiger partial charge in [0.15, 0.2) is 0 Å². The molecule has 2 atom stereocenters. The summed E-state index contributed by atoms with van der Waals surface area (Å²) >= 11 is 0. The van der Waals surface area contributed by atoms with Crippen LogP contribution in [0.2, 0.25) is 0 Å². The van der Waals surface area contributed by atoms with E-state index in [9.17, 15) is 8.60 Å². The van der Waals surface area contributed by atoms with E-state index < -0.39 is 10.8 Å². The van der Waals surface area contributed by atoms with Crippen molar-refractivity contribution < 1.29 is 13.3 Å². The van der Waals surface area contributed by atoms with E-state index >= 15 is 0 Å². The fourth-order valence-electron chi connectivity index (χ4n) is 2.19. The maximum atomic E-state index is 13.1. The van der Waals surface area contributed by atoms with E-state index in [1.165, 1.54) is 12.1 Å². The molecule has 0 N–H and O–H groups in total. The Bertz CT molecular complexity index is 453. The first-order chi connectivity index (χ1) is 9.06. The largest absolute Gasteiger partial charge is 0.375 e. The van der Waals surface area contributed by atoms with Crippen LogP contribution in [0.15, 0.2) is 29.2 Å². The number of hydrogen-bond acceptors (Lipinski definition) is 3. The van der Waals surface area contributed by atoms with Crippen molar-refractivity contribution in [2.24, 2.45) is 0 Å². The highest BCUT2D eigenvalue weighted by molar-refractivity contribution is 7.85. The number of morpholine rings is 1. The summed E-state index contributed by atoms with van der Waals surface area (Å²) in [5.41, 5.74) is 0. The Morgan fingerprint density at radius 3 is 3.00 bits per heavy atom. The van der Waals surface area contributed by atoms with Crippen molar-refractivity contribution in [1.29, 1.82) is 0 Å². The second-order valence-corrected chi connectivity index (χ2v) is 6.55. The molecule has 1 aliphatic rings. The van der Waals surface area contributed by atoms with Gasteiger partial charge in [0.2, 0.25) is 0 Å². The predicted octanol–water partition coefficient (Wildman–Crippen LogP) is 2.04. The Labute approximate surface area is 116 Å². The molecule has 0 aliphatic carbocycles. The van der Waals surface area contributed by atoms with Crippen LogP contribution in [0.3, 0.4) is 0 Å². The molecule has 3 nitrogen and oxygen atoms in total. The average molecular weight is 285 g/mol. The van der Waals surface area contributed by atoms with Gasteiger partial charge in [-0.15, -0.1) is 0 Å². The predicted molar refractivity (Wildman–Crippen MR) is 74.1 cm³/mol. The highest BCUT2D eigenvalue weighted by Crippen LogP contribution is 2.14. The lowest BCUT2D eigenvalue weighted by molar-refractivity contribution is -0.0268. The zero-order valence-corrected chi connectivity index (χ0v) is 12.2. The molecule has 0 saturated carbocycles. The van der Waals surface area contributed by atoms with Crippen molar-refractivity contribution in [3.05, 3.63) is 30.1 Å². The van der Waals surface area contributed by atoms with Gasteiger partial charge >= 0.3 is 0 Å². The van der Waals surface area contributed by atoms with Crippen LogP contribution in [-0.2, 0) is 15.5 Å². The van der Waals surface area contributed by atoms with Crippen LogP contribution in [0.25, 0.3) is 0 Å². The number of ether oxygens (including phenoxy) is 1. The van der Waals surface area contributed by atoms with E-state index in [0.29, 0.717) is 23.3 Å². The first-order valence-corrected chi connectivity index (χ1v) is 7.87. The maximum Gasteiger partial charge on any atom is 0.124 e. The molecule has 1 heterocycles. The number of benzene rings is 1. The third-order valence-corrected chi connectivity index (χ3v) is 4.75. The second-order valence-electron chi connectivity index (χ2n) is 5.05. The smallest absolute Gasteiger partial charge is 0.124 e. The van der Waals surface area contributed by atoms with Gasteiger partial charge in [-0.2, -0.15) is 0 Å². The van der Waals surface area contributed by atoms with Crippen molar-refractivity contribution in [2.45, 2.75) is 30.9 Å². The molecule has 5 heteroatoms. The number of halogens is 1. The molecule has 19 heavy (non-hydrogen) atoms. The van der Waals surface area contributed by atoms with Gasteiger partial charge in [0, 0.05) is 24.0 Å². The first-order valence-electron chi connectivity index (χ1n) is 6.56. The summed E-state index contributed by atoms with van der Waals surface area (Å²) < 4.78 is 30.9. The molecule has 1 aromatic rings. The quantitative estimate of drug-likeness (QED) is 0.848. The molecule has 0 amide bonds. The first kappa shape index (κ1) is 14.6. The minimum Gasteiger partial charge on any atom is -0.375 e. The third-order valence-electron chi connectivity index (χ3n) is 3.30. The number of hydrogen-bond donors (Lipinski definition) is 0. The summed E-state index contributed by atoms with van der Waals surface area (Å²) in [6.45, 7) is 6.67. The van der Waals surface area contributed by atoms with Gasteiger partial charge in [0.05, 0.1) is 29.3 Å². The molecule has 0 radical (unpaired) electrons. The average Bonchev–Trinajstić information content (AvgIpc) is 2.39. The SMILES string of the molecule is CC(C)N1CCOC(CS(=O)c2cccc(F)c2)C1. The van der Waals surface area contributed by atoms with E-state index in [0.717, 1.165) is 13.1 Å². The van der Waals surface area contributed by atoms with E-state index in [4.69, 9.17) is 4.74 Å². The van der Waals surface area contributed by atoms with Gasteiger partial charge in [-0.25, -0.2) is 4.39 Å².